The Hall–Kier alpha value is -1.39. The van der Waals surface area contributed by atoms with Crippen LogP contribution in [0.1, 0.15) is 49.7 Å². The van der Waals surface area contributed by atoms with Crippen LogP contribution in [0.5, 0.6) is 0 Å². The zero-order valence-electron chi connectivity index (χ0n) is 10.8. The molecule has 0 aromatic carbocycles. The van der Waals surface area contributed by atoms with E-state index in [-0.39, 0.29) is 11.9 Å². The van der Waals surface area contributed by atoms with Crippen molar-refractivity contribution in [3.05, 3.63) is 11.6 Å². The number of carbonyl (C=O) groups excluding carboxylic acids is 1. The van der Waals surface area contributed by atoms with Crippen LogP contribution in [0.25, 0.3) is 0 Å². The Balaban J connectivity index is 1.84. The standard InChI is InChI=1S/C13H19N3O2/c1-18-13(17)10-6-7-11-14-15-12(16(11)8-10)9-4-2-3-5-9/h9-10H,2-8H2,1H3. The molecule has 0 N–H and O–H groups in total. The first-order valence-electron chi connectivity index (χ1n) is 6.79. The van der Waals surface area contributed by atoms with Crippen LogP contribution in [-0.4, -0.2) is 27.8 Å². The van der Waals surface area contributed by atoms with Gasteiger partial charge in [0.1, 0.15) is 11.6 Å². The summed E-state index contributed by atoms with van der Waals surface area (Å²) in [5.41, 5.74) is 0. The van der Waals surface area contributed by atoms with E-state index in [9.17, 15) is 4.79 Å². The Morgan fingerprint density at radius 2 is 2.06 bits per heavy atom. The van der Waals surface area contributed by atoms with Gasteiger partial charge in [0.05, 0.1) is 13.0 Å². The molecule has 0 amide bonds. The average Bonchev–Trinajstić information content (AvgIpc) is 3.05. The summed E-state index contributed by atoms with van der Waals surface area (Å²) in [6.45, 7) is 0.695. The molecule has 1 saturated carbocycles. The van der Waals surface area contributed by atoms with Crippen molar-refractivity contribution in [2.24, 2.45) is 5.92 Å². The van der Waals surface area contributed by atoms with Crippen LogP contribution in [0.2, 0.25) is 0 Å². The van der Waals surface area contributed by atoms with Crippen molar-refractivity contribution in [1.29, 1.82) is 0 Å². The monoisotopic (exact) mass is 249 g/mol. The Morgan fingerprint density at radius 3 is 2.78 bits per heavy atom. The summed E-state index contributed by atoms with van der Waals surface area (Å²) in [5, 5.41) is 8.64. The van der Waals surface area contributed by atoms with Crippen LogP contribution in [0.15, 0.2) is 0 Å². The number of aryl methyl sites for hydroxylation is 1. The summed E-state index contributed by atoms with van der Waals surface area (Å²) in [6, 6.07) is 0. The zero-order chi connectivity index (χ0) is 12.5. The van der Waals surface area contributed by atoms with Gasteiger partial charge in [0.2, 0.25) is 0 Å². The molecular formula is C13H19N3O2. The number of methoxy groups -OCH3 is 1. The number of carbonyl (C=O) groups is 1. The van der Waals surface area contributed by atoms with E-state index >= 15 is 0 Å². The first-order valence-corrected chi connectivity index (χ1v) is 6.79. The molecular weight excluding hydrogens is 230 g/mol. The number of ether oxygens (including phenoxy) is 1. The number of hydrogen-bond acceptors (Lipinski definition) is 4. The highest BCUT2D eigenvalue weighted by molar-refractivity contribution is 5.72. The molecule has 3 rings (SSSR count). The number of fused-ring (bicyclic) bond motifs is 1. The number of aromatic nitrogens is 3. The lowest BCUT2D eigenvalue weighted by molar-refractivity contribution is -0.146. The number of hydrogen-bond donors (Lipinski definition) is 0. The zero-order valence-corrected chi connectivity index (χ0v) is 10.8. The lowest BCUT2D eigenvalue weighted by Gasteiger charge is -2.23. The lowest BCUT2D eigenvalue weighted by atomic mass is 9.98. The number of esters is 1. The van der Waals surface area contributed by atoms with E-state index in [1.54, 1.807) is 0 Å². The smallest absolute Gasteiger partial charge is 0.310 e. The maximum absolute atomic E-state index is 11.7. The van der Waals surface area contributed by atoms with Crippen molar-refractivity contribution in [2.45, 2.75) is 51.0 Å². The highest BCUT2D eigenvalue weighted by atomic mass is 16.5. The van der Waals surface area contributed by atoms with Gasteiger partial charge in [0, 0.05) is 18.9 Å². The average molecular weight is 249 g/mol. The van der Waals surface area contributed by atoms with E-state index in [4.69, 9.17) is 4.74 Å². The first-order chi connectivity index (χ1) is 8.79. The van der Waals surface area contributed by atoms with Gasteiger partial charge in [0.15, 0.2) is 0 Å². The highest BCUT2D eigenvalue weighted by Gasteiger charge is 2.31. The highest BCUT2D eigenvalue weighted by Crippen LogP contribution is 2.34. The Labute approximate surface area is 107 Å². The molecule has 18 heavy (non-hydrogen) atoms. The molecule has 0 saturated heterocycles. The third kappa shape index (κ3) is 1.91. The fourth-order valence-corrected chi connectivity index (χ4v) is 3.19. The number of nitrogens with zero attached hydrogens (tertiary/aromatic N) is 3. The molecule has 1 atom stereocenters. The Kier molecular flexibility index (Phi) is 3.06. The predicted molar refractivity (Wildman–Crippen MR) is 65.1 cm³/mol. The summed E-state index contributed by atoms with van der Waals surface area (Å²) >= 11 is 0. The predicted octanol–water partition coefficient (Wildman–Crippen LogP) is 1.67. The van der Waals surface area contributed by atoms with Crippen molar-refractivity contribution in [2.75, 3.05) is 7.11 Å². The molecule has 0 spiro atoms. The van der Waals surface area contributed by atoms with E-state index < -0.39 is 0 Å². The minimum atomic E-state index is -0.105. The second-order valence-corrected chi connectivity index (χ2v) is 5.33. The molecule has 1 fully saturated rings. The Bertz CT molecular complexity index is 449. The van der Waals surface area contributed by atoms with Crippen LogP contribution in [0.3, 0.4) is 0 Å². The van der Waals surface area contributed by atoms with E-state index in [1.807, 2.05) is 0 Å². The summed E-state index contributed by atoms with van der Waals surface area (Å²) in [4.78, 5) is 11.7. The quantitative estimate of drug-likeness (QED) is 0.748. The van der Waals surface area contributed by atoms with Crippen molar-refractivity contribution in [3.8, 4) is 0 Å². The van der Waals surface area contributed by atoms with Gasteiger partial charge in [-0.25, -0.2) is 0 Å². The van der Waals surface area contributed by atoms with Gasteiger partial charge < -0.3 is 9.30 Å². The van der Waals surface area contributed by atoms with Gasteiger partial charge in [-0.2, -0.15) is 0 Å². The minimum Gasteiger partial charge on any atom is -0.469 e. The van der Waals surface area contributed by atoms with Crippen molar-refractivity contribution < 1.29 is 9.53 Å². The van der Waals surface area contributed by atoms with Gasteiger partial charge in [-0.3, -0.25) is 4.79 Å². The summed E-state index contributed by atoms with van der Waals surface area (Å²) < 4.78 is 7.02. The molecule has 2 heterocycles. The summed E-state index contributed by atoms with van der Waals surface area (Å²) in [5.74, 6) is 2.54. The minimum absolute atomic E-state index is 0.0290. The maximum atomic E-state index is 11.7. The van der Waals surface area contributed by atoms with Gasteiger partial charge in [-0.15, -0.1) is 10.2 Å². The van der Waals surface area contributed by atoms with Crippen molar-refractivity contribution >= 4 is 5.97 Å². The third-order valence-electron chi connectivity index (χ3n) is 4.23. The Morgan fingerprint density at radius 1 is 1.28 bits per heavy atom. The second-order valence-electron chi connectivity index (χ2n) is 5.33. The van der Waals surface area contributed by atoms with E-state index in [0.717, 1.165) is 24.5 Å². The molecule has 2 aliphatic rings. The second kappa shape index (κ2) is 4.71. The van der Waals surface area contributed by atoms with Gasteiger partial charge in [-0.05, 0) is 19.3 Å². The van der Waals surface area contributed by atoms with Crippen molar-refractivity contribution in [3.63, 3.8) is 0 Å². The van der Waals surface area contributed by atoms with Crippen molar-refractivity contribution in [1.82, 2.24) is 14.8 Å². The molecule has 1 aliphatic carbocycles. The molecule has 1 aromatic heterocycles. The first kappa shape index (κ1) is 11.7. The summed E-state index contributed by atoms with van der Waals surface area (Å²) in [7, 11) is 1.46. The molecule has 1 aliphatic heterocycles. The van der Waals surface area contributed by atoms with Gasteiger partial charge >= 0.3 is 5.97 Å². The van der Waals surface area contributed by atoms with E-state index in [1.165, 1.54) is 32.8 Å². The molecule has 1 unspecified atom stereocenters. The fourth-order valence-electron chi connectivity index (χ4n) is 3.19. The molecule has 5 heteroatoms. The fraction of sp³-hybridized carbons (Fsp3) is 0.769. The number of rotatable bonds is 2. The molecule has 5 nitrogen and oxygen atoms in total. The van der Waals surface area contributed by atoms with Crippen LogP contribution >= 0.6 is 0 Å². The van der Waals surface area contributed by atoms with Crippen LogP contribution < -0.4 is 0 Å². The molecule has 0 bridgehead atoms. The maximum Gasteiger partial charge on any atom is 0.310 e. The van der Waals surface area contributed by atoms with Gasteiger partial charge in [-0.1, -0.05) is 12.8 Å². The van der Waals surface area contributed by atoms with Crippen LogP contribution in [-0.2, 0) is 22.5 Å². The largest absolute Gasteiger partial charge is 0.469 e. The van der Waals surface area contributed by atoms with Crippen LogP contribution in [0.4, 0.5) is 0 Å². The SMILES string of the molecule is COC(=O)C1CCc2nnc(C3CCCC3)n2C1. The molecule has 1 aromatic rings. The third-order valence-corrected chi connectivity index (χ3v) is 4.23. The van der Waals surface area contributed by atoms with Gasteiger partial charge in [0.25, 0.3) is 0 Å². The van der Waals surface area contributed by atoms with Crippen LogP contribution in [0, 0.1) is 5.92 Å². The summed E-state index contributed by atoms with van der Waals surface area (Å²) in [6.07, 6.45) is 6.65. The van der Waals surface area contributed by atoms with E-state index in [2.05, 4.69) is 14.8 Å². The molecule has 0 radical (unpaired) electrons. The van der Waals surface area contributed by atoms with E-state index in [0.29, 0.717) is 12.5 Å². The molecule has 98 valence electrons. The topological polar surface area (TPSA) is 57.0 Å². The lowest BCUT2D eigenvalue weighted by Crippen LogP contribution is -2.29. The normalized spacial score (nSPS) is 23.9.